The number of fused-ring (bicyclic) bond motifs is 1. The number of likely N-dealkylation sites (tertiary alicyclic amines) is 2. The number of para-hydroxylation sites is 1. The third-order valence-corrected chi connectivity index (χ3v) is 6.63. The lowest BCUT2D eigenvalue weighted by atomic mass is 10.0. The lowest BCUT2D eigenvalue weighted by Crippen LogP contribution is -2.47. The van der Waals surface area contributed by atoms with Crippen molar-refractivity contribution in [3.05, 3.63) is 29.3 Å². The van der Waals surface area contributed by atoms with Gasteiger partial charge in [0.15, 0.2) is 0 Å². The van der Waals surface area contributed by atoms with Crippen molar-refractivity contribution in [2.75, 3.05) is 20.1 Å². The Morgan fingerprint density at radius 2 is 2.00 bits per heavy atom. The van der Waals surface area contributed by atoms with Crippen LogP contribution in [0, 0.1) is 0 Å². The van der Waals surface area contributed by atoms with Crippen molar-refractivity contribution in [3.8, 4) is 0 Å². The molecular formula is C19H25N3OS. The molecule has 0 aliphatic carbocycles. The fourth-order valence-corrected chi connectivity index (χ4v) is 5.28. The lowest BCUT2D eigenvalue weighted by molar-refractivity contribution is -0.132. The normalized spacial score (nSPS) is 25.0. The van der Waals surface area contributed by atoms with Crippen LogP contribution in [0.5, 0.6) is 0 Å². The highest BCUT2D eigenvalue weighted by Crippen LogP contribution is 2.30. The van der Waals surface area contributed by atoms with E-state index >= 15 is 0 Å². The maximum atomic E-state index is 12.8. The zero-order chi connectivity index (χ0) is 16.5. The molecule has 5 heteroatoms. The van der Waals surface area contributed by atoms with Crippen LogP contribution in [-0.4, -0.2) is 52.9 Å². The largest absolute Gasteiger partial charge is 0.338 e. The minimum Gasteiger partial charge on any atom is -0.338 e. The van der Waals surface area contributed by atoms with E-state index in [9.17, 15) is 4.79 Å². The molecule has 24 heavy (non-hydrogen) atoms. The van der Waals surface area contributed by atoms with Crippen molar-refractivity contribution in [3.63, 3.8) is 0 Å². The van der Waals surface area contributed by atoms with E-state index in [1.807, 2.05) is 18.2 Å². The molecule has 1 amide bonds. The number of thiazole rings is 1. The van der Waals surface area contributed by atoms with E-state index in [1.54, 1.807) is 11.3 Å². The Morgan fingerprint density at radius 1 is 1.21 bits per heavy atom. The SMILES string of the molecule is CN1CCCC1C1CCCN1C(=O)CCc1nc2ccccc2s1. The molecule has 2 aliphatic heterocycles. The molecule has 0 bridgehead atoms. The van der Waals surface area contributed by atoms with Gasteiger partial charge in [-0.25, -0.2) is 4.98 Å². The fourth-order valence-electron chi connectivity index (χ4n) is 4.31. The highest BCUT2D eigenvalue weighted by molar-refractivity contribution is 7.18. The number of amides is 1. The molecule has 1 aromatic heterocycles. The van der Waals surface area contributed by atoms with E-state index in [0.717, 1.165) is 29.9 Å². The third kappa shape index (κ3) is 3.07. The number of rotatable bonds is 4. The number of hydrogen-bond donors (Lipinski definition) is 0. The Hall–Kier alpha value is -1.46. The second-order valence-corrected chi connectivity index (χ2v) is 8.18. The number of carbonyl (C=O) groups excluding carboxylic acids is 1. The summed E-state index contributed by atoms with van der Waals surface area (Å²) in [4.78, 5) is 22.1. The Balaban J connectivity index is 1.40. The molecule has 2 atom stereocenters. The number of carbonyl (C=O) groups is 1. The quantitative estimate of drug-likeness (QED) is 0.854. The highest BCUT2D eigenvalue weighted by atomic mass is 32.1. The summed E-state index contributed by atoms with van der Waals surface area (Å²) < 4.78 is 1.21. The monoisotopic (exact) mass is 343 g/mol. The fraction of sp³-hybridized carbons (Fsp3) is 0.579. The standard InChI is InChI=1S/C19H25N3OS/c1-21-12-4-7-15(21)16-8-5-13-22(16)19(23)11-10-18-20-14-6-2-3-9-17(14)24-18/h2-3,6,9,15-16H,4-5,7-8,10-13H2,1H3. The van der Waals surface area contributed by atoms with E-state index in [4.69, 9.17) is 0 Å². The van der Waals surface area contributed by atoms with Crippen LogP contribution in [-0.2, 0) is 11.2 Å². The molecule has 0 saturated carbocycles. The number of benzene rings is 1. The average molecular weight is 343 g/mol. The first-order valence-electron chi connectivity index (χ1n) is 9.06. The van der Waals surface area contributed by atoms with Gasteiger partial charge < -0.3 is 9.80 Å². The third-order valence-electron chi connectivity index (χ3n) is 5.53. The van der Waals surface area contributed by atoms with Gasteiger partial charge in [-0.2, -0.15) is 0 Å². The molecule has 0 radical (unpaired) electrons. The van der Waals surface area contributed by atoms with Crippen LogP contribution in [0.25, 0.3) is 10.2 Å². The van der Waals surface area contributed by atoms with Crippen LogP contribution in [0.4, 0.5) is 0 Å². The van der Waals surface area contributed by atoms with Crippen molar-refractivity contribution in [2.24, 2.45) is 0 Å². The van der Waals surface area contributed by atoms with Gasteiger partial charge in [-0.1, -0.05) is 12.1 Å². The van der Waals surface area contributed by atoms with Gasteiger partial charge in [0.1, 0.15) is 0 Å². The maximum Gasteiger partial charge on any atom is 0.223 e. The smallest absolute Gasteiger partial charge is 0.223 e. The van der Waals surface area contributed by atoms with E-state index < -0.39 is 0 Å². The zero-order valence-electron chi connectivity index (χ0n) is 14.3. The number of likely N-dealkylation sites (N-methyl/N-ethyl adjacent to an activating group) is 1. The highest BCUT2D eigenvalue weighted by Gasteiger charge is 2.38. The van der Waals surface area contributed by atoms with Crippen molar-refractivity contribution in [2.45, 2.75) is 50.6 Å². The molecule has 4 rings (SSSR count). The number of aromatic nitrogens is 1. The Bertz CT molecular complexity index is 695. The molecule has 3 heterocycles. The summed E-state index contributed by atoms with van der Waals surface area (Å²) in [5.41, 5.74) is 1.05. The molecule has 2 saturated heterocycles. The van der Waals surface area contributed by atoms with Crippen LogP contribution >= 0.6 is 11.3 Å². The summed E-state index contributed by atoms with van der Waals surface area (Å²) in [6.07, 6.45) is 6.19. The Labute approximate surface area is 147 Å². The molecule has 4 nitrogen and oxygen atoms in total. The number of aryl methyl sites for hydroxylation is 1. The van der Waals surface area contributed by atoms with Crippen LogP contribution in [0.15, 0.2) is 24.3 Å². The predicted octanol–water partition coefficient (Wildman–Crippen LogP) is 3.31. The van der Waals surface area contributed by atoms with Gasteiger partial charge in [-0.3, -0.25) is 4.79 Å². The van der Waals surface area contributed by atoms with Crippen LogP contribution in [0.1, 0.15) is 37.1 Å². The van der Waals surface area contributed by atoms with Gasteiger partial charge >= 0.3 is 0 Å². The second-order valence-electron chi connectivity index (χ2n) is 7.06. The van der Waals surface area contributed by atoms with Crippen molar-refractivity contribution in [1.29, 1.82) is 0 Å². The molecule has 2 aromatic rings. The van der Waals surface area contributed by atoms with Crippen molar-refractivity contribution < 1.29 is 4.79 Å². The zero-order valence-corrected chi connectivity index (χ0v) is 15.1. The number of nitrogens with zero attached hydrogens (tertiary/aromatic N) is 3. The molecule has 0 spiro atoms. The average Bonchev–Trinajstić information content (AvgIpc) is 3.30. The summed E-state index contributed by atoms with van der Waals surface area (Å²) in [6.45, 7) is 2.11. The second kappa shape index (κ2) is 6.81. The molecule has 2 fully saturated rings. The van der Waals surface area contributed by atoms with Gasteiger partial charge in [-0.15, -0.1) is 11.3 Å². The minimum absolute atomic E-state index is 0.317. The number of hydrogen-bond acceptors (Lipinski definition) is 4. The molecule has 0 N–H and O–H groups in total. The maximum absolute atomic E-state index is 12.8. The Morgan fingerprint density at radius 3 is 2.79 bits per heavy atom. The first-order chi connectivity index (χ1) is 11.7. The summed E-state index contributed by atoms with van der Waals surface area (Å²) >= 11 is 1.72. The lowest BCUT2D eigenvalue weighted by Gasteiger charge is -2.33. The Kier molecular flexibility index (Phi) is 4.55. The first-order valence-corrected chi connectivity index (χ1v) is 9.88. The van der Waals surface area contributed by atoms with E-state index in [1.165, 1.54) is 30.5 Å². The summed E-state index contributed by atoms with van der Waals surface area (Å²) in [6, 6.07) is 9.21. The van der Waals surface area contributed by atoms with Gasteiger partial charge in [0.25, 0.3) is 0 Å². The molecule has 2 aliphatic rings. The van der Waals surface area contributed by atoms with E-state index in [-0.39, 0.29) is 0 Å². The van der Waals surface area contributed by atoms with Crippen LogP contribution in [0.2, 0.25) is 0 Å². The van der Waals surface area contributed by atoms with Crippen LogP contribution < -0.4 is 0 Å². The van der Waals surface area contributed by atoms with Gasteiger partial charge in [-0.05, 0) is 51.4 Å². The first kappa shape index (κ1) is 16.0. The van der Waals surface area contributed by atoms with Crippen molar-refractivity contribution in [1.82, 2.24) is 14.8 Å². The van der Waals surface area contributed by atoms with Crippen LogP contribution in [0.3, 0.4) is 0 Å². The van der Waals surface area contributed by atoms with Gasteiger partial charge in [0.05, 0.1) is 15.2 Å². The van der Waals surface area contributed by atoms with Crippen molar-refractivity contribution >= 4 is 27.5 Å². The topological polar surface area (TPSA) is 36.4 Å². The molecular weight excluding hydrogens is 318 g/mol. The summed E-state index contributed by atoms with van der Waals surface area (Å²) in [7, 11) is 2.21. The predicted molar refractivity (Wildman–Crippen MR) is 98.3 cm³/mol. The van der Waals surface area contributed by atoms with E-state index in [2.05, 4.69) is 27.9 Å². The van der Waals surface area contributed by atoms with Gasteiger partial charge in [0.2, 0.25) is 5.91 Å². The van der Waals surface area contributed by atoms with Gasteiger partial charge in [0, 0.05) is 31.5 Å². The minimum atomic E-state index is 0.317. The molecule has 1 aromatic carbocycles. The molecule has 2 unspecified atom stereocenters. The summed E-state index contributed by atoms with van der Waals surface area (Å²) in [5, 5.41) is 1.08. The molecule has 128 valence electrons. The van der Waals surface area contributed by atoms with E-state index in [0.29, 0.717) is 24.4 Å². The summed E-state index contributed by atoms with van der Waals surface area (Å²) in [5.74, 6) is 0.317.